The number of aliphatic hydroxyl groups excluding tert-OH is 1. The van der Waals surface area contributed by atoms with Crippen LogP contribution < -0.4 is 0 Å². The molecule has 0 saturated carbocycles. The van der Waals surface area contributed by atoms with Gasteiger partial charge in [-0.05, 0) is 55.2 Å². The second-order valence-corrected chi connectivity index (χ2v) is 12.2. The van der Waals surface area contributed by atoms with Crippen molar-refractivity contribution in [2.45, 2.75) is 51.2 Å². The summed E-state index contributed by atoms with van der Waals surface area (Å²) in [5.74, 6) is 0.208. The van der Waals surface area contributed by atoms with Crippen LogP contribution in [-0.4, -0.2) is 39.3 Å². The Hall–Kier alpha value is -3.75. The highest BCUT2D eigenvalue weighted by molar-refractivity contribution is 7.90. The summed E-state index contributed by atoms with van der Waals surface area (Å²) in [4.78, 5) is 0.294. The Kier molecular flexibility index (Phi) is 6.71. The molecule has 3 aromatic carbocycles. The van der Waals surface area contributed by atoms with Crippen LogP contribution in [0.3, 0.4) is 0 Å². The lowest BCUT2D eigenvalue weighted by Crippen LogP contribution is -2.08. The maximum atomic E-state index is 12.1. The van der Waals surface area contributed by atoms with Gasteiger partial charge in [0.05, 0.1) is 34.4 Å². The second kappa shape index (κ2) is 9.85. The lowest BCUT2D eigenvalue weighted by Gasteiger charge is -2.11. The third kappa shape index (κ3) is 4.77. The normalized spacial score (nSPS) is 12.9. The van der Waals surface area contributed by atoms with E-state index < -0.39 is 15.9 Å². The molecule has 7 nitrogen and oxygen atoms in total. The Bertz CT molecular complexity index is 1730. The van der Waals surface area contributed by atoms with Gasteiger partial charge in [0.1, 0.15) is 0 Å². The molecule has 2 heterocycles. The number of fused-ring (bicyclic) bond motifs is 1. The first-order valence-electron chi connectivity index (χ1n) is 12.6. The molecule has 0 unspecified atom stereocenters. The maximum Gasteiger partial charge on any atom is 0.175 e. The summed E-state index contributed by atoms with van der Waals surface area (Å²) in [5.41, 5.74) is 7.34. The van der Waals surface area contributed by atoms with Crippen molar-refractivity contribution in [2.24, 2.45) is 0 Å². The van der Waals surface area contributed by atoms with Crippen LogP contribution in [0.4, 0.5) is 0 Å². The van der Waals surface area contributed by atoms with Gasteiger partial charge in [0, 0.05) is 34.7 Å². The molecular formula is C30H32N4O3S. The molecule has 38 heavy (non-hydrogen) atoms. The van der Waals surface area contributed by atoms with E-state index in [1.165, 1.54) is 6.26 Å². The van der Waals surface area contributed by atoms with E-state index in [4.69, 9.17) is 10.2 Å². The van der Waals surface area contributed by atoms with Crippen LogP contribution in [0.15, 0.2) is 77.8 Å². The quantitative estimate of drug-likeness (QED) is 0.290. The number of rotatable bonds is 7. The summed E-state index contributed by atoms with van der Waals surface area (Å²) in [6.45, 7) is 8.60. The van der Waals surface area contributed by atoms with Crippen molar-refractivity contribution in [1.82, 2.24) is 19.6 Å². The Labute approximate surface area is 223 Å². The number of aromatic nitrogens is 4. The fraction of sp³-hybridized carbons (Fsp3) is 0.267. The smallest absolute Gasteiger partial charge is 0.175 e. The van der Waals surface area contributed by atoms with E-state index in [9.17, 15) is 13.5 Å². The Morgan fingerprint density at radius 2 is 1.68 bits per heavy atom. The highest BCUT2D eigenvalue weighted by Crippen LogP contribution is 2.37. The number of hydrogen-bond donors (Lipinski definition) is 1. The van der Waals surface area contributed by atoms with Gasteiger partial charge in [-0.15, -0.1) is 0 Å². The van der Waals surface area contributed by atoms with Crippen LogP contribution in [0.1, 0.15) is 48.3 Å². The molecule has 0 aliphatic rings. The maximum absolute atomic E-state index is 12.1. The fourth-order valence-electron chi connectivity index (χ4n) is 5.09. The van der Waals surface area contributed by atoms with Crippen LogP contribution in [0.25, 0.3) is 27.8 Å². The summed E-state index contributed by atoms with van der Waals surface area (Å²) < 4.78 is 27.8. The van der Waals surface area contributed by atoms with Crippen LogP contribution in [-0.2, 0) is 16.4 Å². The molecule has 0 aliphatic heterocycles. The molecular weight excluding hydrogens is 496 g/mol. The van der Waals surface area contributed by atoms with Gasteiger partial charge in [0.2, 0.25) is 0 Å². The SMILES string of the molecule is Cc1cc(S(C)(=O)=O)ccc1-n1nc(-c2cccc3nn(C[C@H](O)c4ccccc4)cc23)c(C(C)C)c1C. The number of hydrogen-bond acceptors (Lipinski definition) is 5. The van der Waals surface area contributed by atoms with Crippen LogP contribution in [0.5, 0.6) is 0 Å². The van der Waals surface area contributed by atoms with E-state index in [1.54, 1.807) is 16.8 Å². The van der Waals surface area contributed by atoms with Crippen LogP contribution >= 0.6 is 0 Å². The second-order valence-electron chi connectivity index (χ2n) is 10.2. The van der Waals surface area contributed by atoms with Crippen LogP contribution in [0.2, 0.25) is 0 Å². The Balaban J connectivity index is 1.60. The molecule has 0 aliphatic carbocycles. The summed E-state index contributed by atoms with van der Waals surface area (Å²) in [6, 6.07) is 20.7. The largest absolute Gasteiger partial charge is 0.386 e. The van der Waals surface area contributed by atoms with E-state index in [2.05, 4.69) is 26.8 Å². The first-order valence-corrected chi connectivity index (χ1v) is 14.5. The van der Waals surface area contributed by atoms with E-state index in [0.29, 0.717) is 11.4 Å². The molecule has 1 atom stereocenters. The number of aryl methyl sites for hydroxylation is 1. The molecule has 0 fully saturated rings. The van der Waals surface area contributed by atoms with E-state index >= 15 is 0 Å². The molecule has 0 radical (unpaired) electrons. The van der Waals surface area contributed by atoms with Crippen molar-refractivity contribution < 1.29 is 13.5 Å². The van der Waals surface area contributed by atoms with Gasteiger partial charge in [-0.3, -0.25) is 4.68 Å². The molecule has 196 valence electrons. The average Bonchev–Trinajstić information content (AvgIpc) is 3.44. The minimum atomic E-state index is -3.30. The highest BCUT2D eigenvalue weighted by atomic mass is 32.2. The average molecular weight is 529 g/mol. The van der Waals surface area contributed by atoms with Gasteiger partial charge in [0.15, 0.2) is 9.84 Å². The van der Waals surface area contributed by atoms with Crippen molar-refractivity contribution in [3.05, 3.63) is 95.3 Å². The van der Waals surface area contributed by atoms with Crippen molar-refractivity contribution in [3.63, 3.8) is 0 Å². The minimum absolute atomic E-state index is 0.208. The van der Waals surface area contributed by atoms with Gasteiger partial charge >= 0.3 is 0 Å². The van der Waals surface area contributed by atoms with Gasteiger partial charge in [-0.2, -0.15) is 10.2 Å². The third-order valence-electron chi connectivity index (χ3n) is 6.96. The van der Waals surface area contributed by atoms with Gasteiger partial charge < -0.3 is 5.11 Å². The standard InChI is InChI=1S/C30H32N4O3S/c1-19(2)29-21(4)34(27-15-14-23(16-20(27)3)38(5,36)37)32-30(29)24-12-9-13-26-25(24)17-33(31-26)18-28(35)22-10-7-6-8-11-22/h6-17,19,28,35H,18H2,1-5H3/t28-/m0/s1. The molecule has 0 spiro atoms. The lowest BCUT2D eigenvalue weighted by atomic mass is 9.95. The predicted molar refractivity (Wildman–Crippen MR) is 150 cm³/mol. The third-order valence-corrected chi connectivity index (χ3v) is 8.07. The molecule has 5 aromatic rings. The Morgan fingerprint density at radius 3 is 2.34 bits per heavy atom. The van der Waals surface area contributed by atoms with Crippen molar-refractivity contribution in [3.8, 4) is 16.9 Å². The molecule has 5 rings (SSSR count). The molecule has 2 aromatic heterocycles. The Morgan fingerprint density at radius 1 is 0.947 bits per heavy atom. The topological polar surface area (TPSA) is 90.0 Å². The summed E-state index contributed by atoms with van der Waals surface area (Å²) in [5, 5.41) is 21.5. The van der Waals surface area contributed by atoms with E-state index in [-0.39, 0.29) is 5.92 Å². The highest BCUT2D eigenvalue weighted by Gasteiger charge is 2.23. The zero-order chi connectivity index (χ0) is 27.2. The van der Waals surface area contributed by atoms with Gasteiger partial charge in [-0.25, -0.2) is 13.1 Å². The molecule has 1 N–H and O–H groups in total. The summed E-state index contributed by atoms with van der Waals surface area (Å²) >= 11 is 0. The number of sulfone groups is 1. The van der Waals surface area contributed by atoms with Crippen molar-refractivity contribution >= 4 is 20.7 Å². The van der Waals surface area contributed by atoms with Crippen molar-refractivity contribution in [2.75, 3.05) is 6.26 Å². The molecule has 0 saturated heterocycles. The summed E-state index contributed by atoms with van der Waals surface area (Å²) in [6.07, 6.45) is 2.52. The first-order chi connectivity index (χ1) is 18.0. The first kappa shape index (κ1) is 25.9. The fourth-order valence-corrected chi connectivity index (χ4v) is 5.79. The number of nitrogens with zero attached hydrogens (tertiary/aromatic N) is 4. The zero-order valence-electron chi connectivity index (χ0n) is 22.3. The van der Waals surface area contributed by atoms with Gasteiger partial charge in [0.25, 0.3) is 0 Å². The molecule has 8 heteroatoms. The monoisotopic (exact) mass is 528 g/mol. The summed E-state index contributed by atoms with van der Waals surface area (Å²) in [7, 11) is -3.30. The predicted octanol–water partition coefficient (Wildman–Crippen LogP) is 5.77. The lowest BCUT2D eigenvalue weighted by molar-refractivity contribution is 0.152. The number of benzene rings is 3. The van der Waals surface area contributed by atoms with Crippen LogP contribution in [0, 0.1) is 13.8 Å². The van der Waals surface area contributed by atoms with Gasteiger partial charge in [-0.1, -0.05) is 56.3 Å². The zero-order valence-corrected chi connectivity index (χ0v) is 23.1. The molecule has 0 bridgehead atoms. The van der Waals surface area contributed by atoms with E-state index in [1.807, 2.05) is 66.3 Å². The van der Waals surface area contributed by atoms with E-state index in [0.717, 1.165) is 50.2 Å². The number of aliphatic hydroxyl groups is 1. The molecule has 0 amide bonds. The minimum Gasteiger partial charge on any atom is -0.386 e. The van der Waals surface area contributed by atoms with Crippen molar-refractivity contribution in [1.29, 1.82) is 0 Å².